The standard InChI is InChI=1S/C23H24ClN3O3/c24-19-9-4-8-18(16-19)21(28)25-12-14-26(15-13-25)23(30)20-10-5-11-27(20)22(29)17-6-2-1-3-7-17/h1-4,6-9,16,20H,5,10-15H2/t20-/m0/s1. The van der Waals surface area contributed by atoms with Crippen LogP contribution in [0.3, 0.4) is 0 Å². The van der Waals surface area contributed by atoms with Gasteiger partial charge >= 0.3 is 0 Å². The maximum atomic E-state index is 13.1. The normalized spacial score (nSPS) is 19.1. The molecule has 2 aliphatic rings. The van der Waals surface area contributed by atoms with Crippen LogP contribution < -0.4 is 0 Å². The molecule has 30 heavy (non-hydrogen) atoms. The number of hydrogen-bond donors (Lipinski definition) is 0. The molecule has 1 atom stereocenters. The Labute approximate surface area is 181 Å². The SMILES string of the molecule is O=C(c1cccc(Cl)c1)N1CCN(C(=O)[C@@H]2CCCN2C(=O)c2ccccc2)CC1. The first-order chi connectivity index (χ1) is 14.5. The predicted molar refractivity (Wildman–Crippen MR) is 114 cm³/mol. The molecule has 2 heterocycles. The summed E-state index contributed by atoms with van der Waals surface area (Å²) in [6.07, 6.45) is 1.50. The number of carbonyl (C=O) groups excluding carboxylic acids is 3. The number of halogens is 1. The molecule has 7 heteroatoms. The first-order valence-electron chi connectivity index (χ1n) is 10.2. The summed E-state index contributed by atoms with van der Waals surface area (Å²) in [6, 6.07) is 15.6. The van der Waals surface area contributed by atoms with Gasteiger partial charge in [-0.1, -0.05) is 35.9 Å². The fraction of sp³-hybridized carbons (Fsp3) is 0.348. The second-order valence-corrected chi connectivity index (χ2v) is 8.09. The lowest BCUT2D eigenvalue weighted by atomic mass is 10.1. The van der Waals surface area contributed by atoms with Crippen molar-refractivity contribution in [3.05, 3.63) is 70.7 Å². The van der Waals surface area contributed by atoms with E-state index in [0.29, 0.717) is 55.3 Å². The summed E-state index contributed by atoms with van der Waals surface area (Å²) in [4.78, 5) is 43.9. The predicted octanol–water partition coefficient (Wildman–Crippen LogP) is 2.93. The molecule has 2 aromatic rings. The van der Waals surface area contributed by atoms with Gasteiger partial charge < -0.3 is 14.7 Å². The molecule has 0 bridgehead atoms. The van der Waals surface area contributed by atoms with E-state index >= 15 is 0 Å². The summed E-state index contributed by atoms with van der Waals surface area (Å²) in [7, 11) is 0. The van der Waals surface area contributed by atoms with E-state index in [0.717, 1.165) is 6.42 Å². The number of piperazine rings is 1. The van der Waals surface area contributed by atoms with Crippen molar-refractivity contribution < 1.29 is 14.4 Å². The molecule has 2 fully saturated rings. The Balaban J connectivity index is 1.38. The highest BCUT2D eigenvalue weighted by Gasteiger charge is 2.38. The second kappa shape index (κ2) is 8.88. The number of rotatable bonds is 3. The van der Waals surface area contributed by atoms with Crippen molar-refractivity contribution in [2.24, 2.45) is 0 Å². The summed E-state index contributed by atoms with van der Waals surface area (Å²) in [5.41, 5.74) is 1.16. The van der Waals surface area contributed by atoms with Crippen molar-refractivity contribution in [1.29, 1.82) is 0 Å². The van der Waals surface area contributed by atoms with Crippen molar-refractivity contribution in [1.82, 2.24) is 14.7 Å². The van der Waals surface area contributed by atoms with E-state index in [-0.39, 0.29) is 17.7 Å². The Morgan fingerprint density at radius 1 is 0.767 bits per heavy atom. The number of nitrogens with zero attached hydrogens (tertiary/aromatic N) is 3. The third-order valence-corrected chi connectivity index (χ3v) is 6.00. The fourth-order valence-electron chi connectivity index (χ4n) is 4.16. The fourth-order valence-corrected chi connectivity index (χ4v) is 4.35. The number of carbonyl (C=O) groups is 3. The molecular weight excluding hydrogens is 402 g/mol. The van der Waals surface area contributed by atoms with Gasteiger partial charge in [-0.2, -0.15) is 0 Å². The molecule has 0 radical (unpaired) electrons. The molecule has 2 aliphatic heterocycles. The van der Waals surface area contributed by atoms with Gasteiger partial charge in [-0.25, -0.2) is 0 Å². The van der Waals surface area contributed by atoms with E-state index in [2.05, 4.69) is 0 Å². The van der Waals surface area contributed by atoms with Crippen LogP contribution >= 0.6 is 11.6 Å². The number of likely N-dealkylation sites (tertiary alicyclic amines) is 1. The Morgan fingerprint density at radius 2 is 1.43 bits per heavy atom. The Kier molecular flexibility index (Phi) is 6.04. The topological polar surface area (TPSA) is 60.9 Å². The van der Waals surface area contributed by atoms with Crippen LogP contribution in [0, 0.1) is 0 Å². The van der Waals surface area contributed by atoms with Crippen LogP contribution in [0.2, 0.25) is 5.02 Å². The van der Waals surface area contributed by atoms with E-state index in [1.807, 2.05) is 18.2 Å². The summed E-state index contributed by atoms with van der Waals surface area (Å²) in [5, 5.41) is 0.527. The minimum atomic E-state index is -0.423. The second-order valence-electron chi connectivity index (χ2n) is 7.65. The smallest absolute Gasteiger partial charge is 0.254 e. The molecule has 0 saturated carbocycles. The molecule has 2 saturated heterocycles. The largest absolute Gasteiger partial charge is 0.337 e. The van der Waals surface area contributed by atoms with Gasteiger partial charge in [0.15, 0.2) is 0 Å². The summed E-state index contributed by atoms with van der Waals surface area (Å²) < 4.78 is 0. The molecule has 0 unspecified atom stereocenters. The minimum Gasteiger partial charge on any atom is -0.337 e. The molecule has 156 valence electrons. The van der Waals surface area contributed by atoms with E-state index in [1.54, 1.807) is 51.1 Å². The van der Waals surface area contributed by atoms with Crippen LogP contribution in [0.25, 0.3) is 0 Å². The van der Waals surface area contributed by atoms with Crippen LogP contribution in [0.5, 0.6) is 0 Å². The summed E-state index contributed by atoms with van der Waals surface area (Å²) in [6.45, 7) is 2.47. The highest BCUT2D eigenvalue weighted by Crippen LogP contribution is 2.23. The van der Waals surface area contributed by atoms with Crippen LogP contribution in [0.4, 0.5) is 0 Å². The number of amides is 3. The van der Waals surface area contributed by atoms with Crippen molar-refractivity contribution in [2.45, 2.75) is 18.9 Å². The van der Waals surface area contributed by atoms with Crippen LogP contribution in [0.15, 0.2) is 54.6 Å². The van der Waals surface area contributed by atoms with Crippen molar-refractivity contribution in [2.75, 3.05) is 32.7 Å². The van der Waals surface area contributed by atoms with E-state index in [9.17, 15) is 14.4 Å². The molecule has 0 aliphatic carbocycles. The van der Waals surface area contributed by atoms with Crippen LogP contribution in [-0.4, -0.2) is 71.2 Å². The highest BCUT2D eigenvalue weighted by molar-refractivity contribution is 6.30. The van der Waals surface area contributed by atoms with Crippen molar-refractivity contribution in [3.8, 4) is 0 Å². The quantitative estimate of drug-likeness (QED) is 0.759. The Bertz CT molecular complexity index is 942. The molecule has 6 nitrogen and oxygen atoms in total. The molecule has 2 aromatic carbocycles. The van der Waals surface area contributed by atoms with Gasteiger partial charge in [0.1, 0.15) is 6.04 Å². The average molecular weight is 426 g/mol. The minimum absolute atomic E-state index is 0.0216. The molecule has 0 aromatic heterocycles. The summed E-state index contributed by atoms with van der Waals surface area (Å²) in [5.74, 6) is -0.195. The summed E-state index contributed by atoms with van der Waals surface area (Å²) >= 11 is 5.99. The van der Waals surface area contributed by atoms with Crippen molar-refractivity contribution in [3.63, 3.8) is 0 Å². The third-order valence-electron chi connectivity index (χ3n) is 5.77. The van der Waals surface area contributed by atoms with E-state index in [1.165, 1.54) is 0 Å². The molecule has 0 spiro atoms. The number of benzene rings is 2. The molecule has 0 N–H and O–H groups in total. The van der Waals surface area contributed by atoms with Gasteiger partial charge in [-0.05, 0) is 43.2 Å². The maximum Gasteiger partial charge on any atom is 0.254 e. The number of hydrogen-bond acceptors (Lipinski definition) is 3. The first-order valence-corrected chi connectivity index (χ1v) is 10.6. The lowest BCUT2D eigenvalue weighted by Gasteiger charge is -2.37. The molecule has 4 rings (SSSR count). The lowest BCUT2D eigenvalue weighted by Crippen LogP contribution is -2.55. The Hall–Kier alpha value is -2.86. The van der Waals surface area contributed by atoms with E-state index < -0.39 is 6.04 Å². The monoisotopic (exact) mass is 425 g/mol. The first kappa shape index (κ1) is 20.4. The zero-order valence-electron chi connectivity index (χ0n) is 16.7. The van der Waals surface area contributed by atoms with Gasteiger partial charge in [0.2, 0.25) is 5.91 Å². The van der Waals surface area contributed by atoms with Gasteiger partial charge in [-0.3, -0.25) is 14.4 Å². The van der Waals surface area contributed by atoms with Gasteiger partial charge in [0.05, 0.1) is 0 Å². The van der Waals surface area contributed by atoms with Crippen LogP contribution in [0.1, 0.15) is 33.6 Å². The molecular formula is C23H24ClN3O3. The zero-order valence-corrected chi connectivity index (χ0v) is 17.4. The maximum absolute atomic E-state index is 13.1. The Morgan fingerprint density at radius 3 is 2.13 bits per heavy atom. The zero-order chi connectivity index (χ0) is 21.1. The highest BCUT2D eigenvalue weighted by atomic mass is 35.5. The van der Waals surface area contributed by atoms with Crippen LogP contribution in [-0.2, 0) is 4.79 Å². The van der Waals surface area contributed by atoms with Gasteiger partial charge in [0, 0.05) is 48.9 Å². The van der Waals surface area contributed by atoms with E-state index in [4.69, 9.17) is 11.6 Å². The lowest BCUT2D eigenvalue weighted by molar-refractivity contribution is -0.136. The third kappa shape index (κ3) is 4.19. The average Bonchev–Trinajstić information content (AvgIpc) is 3.28. The molecule has 3 amide bonds. The van der Waals surface area contributed by atoms with Crippen molar-refractivity contribution >= 4 is 29.3 Å². The van der Waals surface area contributed by atoms with Gasteiger partial charge in [0.25, 0.3) is 11.8 Å². The van der Waals surface area contributed by atoms with Gasteiger partial charge in [-0.15, -0.1) is 0 Å².